The zero-order valence-electron chi connectivity index (χ0n) is 9.92. The lowest BCUT2D eigenvalue weighted by Crippen LogP contribution is -2.03. The van der Waals surface area contributed by atoms with Gasteiger partial charge in [-0.1, -0.05) is 36.4 Å². The maximum absolute atomic E-state index is 11.2. The van der Waals surface area contributed by atoms with E-state index >= 15 is 0 Å². The molecule has 0 saturated carbocycles. The van der Waals surface area contributed by atoms with E-state index in [0.717, 1.165) is 44.5 Å². The standard InChI is InChI=1S/C16H9NO2/c18-7-12-15-10-5-1-3-9-4-2-6-11(14(9)10)16(15)13(8-19)17-12/h1-8,18H/b12-7-. The molecule has 3 nitrogen and oxygen atoms in total. The quantitative estimate of drug-likeness (QED) is 0.525. The van der Waals surface area contributed by atoms with E-state index < -0.39 is 0 Å². The molecule has 2 aromatic rings. The fourth-order valence-corrected chi connectivity index (χ4v) is 2.98. The van der Waals surface area contributed by atoms with Crippen molar-refractivity contribution in [2.24, 2.45) is 0 Å². The van der Waals surface area contributed by atoms with Crippen LogP contribution in [-0.2, 0) is 0 Å². The molecule has 0 unspecified atom stereocenters. The first-order valence-electron chi connectivity index (χ1n) is 6.01. The van der Waals surface area contributed by atoms with Gasteiger partial charge in [0, 0.05) is 10.4 Å². The fraction of sp³-hybridized carbons (Fsp3) is 0. The predicted octanol–water partition coefficient (Wildman–Crippen LogP) is 2.38. The molecular formula is C16H9NO2. The van der Waals surface area contributed by atoms with Crippen LogP contribution in [-0.4, -0.2) is 16.4 Å². The number of hydrogen-bond donors (Lipinski definition) is 1. The SMILES string of the molecule is O=Cc1n/c(=C\O)c2c3cccc4cccc(c1=2)c43. The van der Waals surface area contributed by atoms with Gasteiger partial charge in [-0.3, -0.25) is 4.79 Å². The maximum Gasteiger partial charge on any atom is 0.169 e. The maximum atomic E-state index is 11.2. The molecule has 0 fully saturated rings. The highest BCUT2D eigenvalue weighted by atomic mass is 16.2. The average Bonchev–Trinajstić information content (AvgIpc) is 2.98. The second kappa shape index (κ2) is 3.42. The Morgan fingerprint density at radius 1 is 1.00 bits per heavy atom. The monoisotopic (exact) mass is 247 g/mol. The van der Waals surface area contributed by atoms with Crippen LogP contribution in [0.4, 0.5) is 0 Å². The van der Waals surface area contributed by atoms with E-state index in [0.29, 0.717) is 11.0 Å². The average molecular weight is 247 g/mol. The molecule has 1 N–H and O–H groups in total. The van der Waals surface area contributed by atoms with Gasteiger partial charge in [0.1, 0.15) is 17.3 Å². The van der Waals surface area contributed by atoms with Gasteiger partial charge >= 0.3 is 0 Å². The minimum absolute atomic E-state index is 0.388. The van der Waals surface area contributed by atoms with Crippen molar-refractivity contribution in [2.45, 2.75) is 0 Å². The largest absolute Gasteiger partial charge is 0.513 e. The summed E-state index contributed by atoms with van der Waals surface area (Å²) in [4.78, 5) is 15.4. The van der Waals surface area contributed by atoms with Crippen LogP contribution in [0.15, 0.2) is 36.4 Å². The van der Waals surface area contributed by atoms with Gasteiger partial charge in [-0.05, 0) is 21.5 Å². The summed E-state index contributed by atoms with van der Waals surface area (Å²) < 4.78 is 0. The number of carbonyl (C=O) groups is 1. The second-order valence-electron chi connectivity index (χ2n) is 4.59. The number of benzene rings is 2. The molecule has 0 bridgehead atoms. The summed E-state index contributed by atoms with van der Waals surface area (Å²) in [5.74, 6) is 0. The molecule has 0 radical (unpaired) electrons. The molecule has 0 amide bonds. The Hall–Kier alpha value is -2.68. The van der Waals surface area contributed by atoms with Crippen LogP contribution in [0.2, 0.25) is 0 Å². The second-order valence-corrected chi connectivity index (χ2v) is 4.59. The van der Waals surface area contributed by atoms with Gasteiger partial charge in [0.25, 0.3) is 0 Å². The highest BCUT2D eigenvalue weighted by Gasteiger charge is 2.14. The number of carbonyl (C=O) groups excluding carboxylic acids is 1. The van der Waals surface area contributed by atoms with E-state index in [4.69, 9.17) is 0 Å². The van der Waals surface area contributed by atoms with Crippen molar-refractivity contribution < 1.29 is 9.90 Å². The first-order chi connectivity index (χ1) is 9.35. The first kappa shape index (κ1) is 10.3. The smallest absolute Gasteiger partial charge is 0.169 e. The number of aromatic nitrogens is 1. The minimum atomic E-state index is 0.388. The molecule has 0 saturated heterocycles. The van der Waals surface area contributed by atoms with Crippen molar-refractivity contribution >= 4 is 34.1 Å². The number of aliphatic hydroxyl groups is 1. The third-order valence-corrected chi connectivity index (χ3v) is 3.68. The van der Waals surface area contributed by atoms with E-state index in [-0.39, 0.29) is 0 Å². The van der Waals surface area contributed by atoms with E-state index in [1.807, 2.05) is 36.4 Å². The first-order valence-corrected chi connectivity index (χ1v) is 6.01. The van der Waals surface area contributed by atoms with Crippen molar-refractivity contribution in [3.8, 4) is 0 Å². The van der Waals surface area contributed by atoms with Crippen molar-refractivity contribution in [1.82, 2.24) is 4.98 Å². The zero-order chi connectivity index (χ0) is 13.0. The summed E-state index contributed by atoms with van der Waals surface area (Å²) in [7, 11) is 0. The topological polar surface area (TPSA) is 50.2 Å². The van der Waals surface area contributed by atoms with Crippen molar-refractivity contribution in [3.05, 3.63) is 57.9 Å². The number of aldehydes is 1. The lowest BCUT2D eigenvalue weighted by atomic mass is 10.1. The summed E-state index contributed by atoms with van der Waals surface area (Å²) in [5.41, 5.74) is 0.388. The van der Waals surface area contributed by atoms with Gasteiger partial charge in [-0.25, -0.2) is 4.98 Å². The fourth-order valence-electron chi connectivity index (χ4n) is 2.98. The summed E-state index contributed by atoms with van der Waals surface area (Å²) in [6.07, 6.45) is 1.72. The van der Waals surface area contributed by atoms with Gasteiger partial charge in [-0.15, -0.1) is 0 Å². The summed E-state index contributed by atoms with van der Waals surface area (Å²) in [6.45, 7) is 0. The van der Waals surface area contributed by atoms with Crippen molar-refractivity contribution in [3.63, 3.8) is 0 Å². The van der Waals surface area contributed by atoms with E-state index in [1.54, 1.807) is 0 Å². The van der Waals surface area contributed by atoms with Crippen LogP contribution in [0.1, 0.15) is 10.5 Å². The third-order valence-electron chi connectivity index (χ3n) is 3.68. The molecular weight excluding hydrogens is 238 g/mol. The van der Waals surface area contributed by atoms with Crippen LogP contribution in [0, 0.1) is 10.4 Å². The van der Waals surface area contributed by atoms with Gasteiger partial charge < -0.3 is 5.11 Å². The van der Waals surface area contributed by atoms with E-state index in [1.165, 1.54) is 0 Å². The van der Waals surface area contributed by atoms with E-state index in [2.05, 4.69) is 4.98 Å². The summed E-state index contributed by atoms with van der Waals surface area (Å²) in [5, 5.41) is 15.8. The van der Waals surface area contributed by atoms with Crippen LogP contribution in [0.5, 0.6) is 0 Å². The Balaban J connectivity index is 2.54. The molecule has 19 heavy (non-hydrogen) atoms. The molecule has 1 aliphatic carbocycles. The molecule has 2 aromatic carbocycles. The van der Waals surface area contributed by atoms with Gasteiger partial charge in [0.2, 0.25) is 0 Å². The molecule has 0 spiro atoms. The van der Waals surface area contributed by atoms with Crippen LogP contribution >= 0.6 is 0 Å². The van der Waals surface area contributed by atoms with Crippen LogP contribution in [0.3, 0.4) is 0 Å². The lowest BCUT2D eigenvalue weighted by Gasteiger charge is -1.98. The molecule has 3 heteroatoms. The van der Waals surface area contributed by atoms with Crippen LogP contribution < -0.4 is 5.35 Å². The lowest BCUT2D eigenvalue weighted by molar-refractivity contribution is 0.111. The number of fused-ring (bicyclic) bond motifs is 2. The summed E-state index contributed by atoms with van der Waals surface area (Å²) >= 11 is 0. The predicted molar refractivity (Wildman–Crippen MR) is 73.4 cm³/mol. The molecule has 2 aliphatic rings. The number of rotatable bonds is 1. The molecule has 1 heterocycles. The van der Waals surface area contributed by atoms with Gasteiger partial charge in [-0.2, -0.15) is 0 Å². The highest BCUT2D eigenvalue weighted by molar-refractivity contribution is 6.12. The number of aliphatic hydroxyl groups excluding tert-OH is 1. The highest BCUT2D eigenvalue weighted by Crippen LogP contribution is 2.30. The molecule has 4 rings (SSSR count). The molecule has 1 aliphatic heterocycles. The minimum Gasteiger partial charge on any atom is -0.513 e. The Morgan fingerprint density at radius 2 is 1.68 bits per heavy atom. The summed E-state index contributed by atoms with van der Waals surface area (Å²) in [6, 6.07) is 12.0. The normalized spacial score (nSPS) is 12.9. The van der Waals surface area contributed by atoms with Gasteiger partial charge in [0.15, 0.2) is 6.29 Å². The van der Waals surface area contributed by atoms with Crippen molar-refractivity contribution in [1.29, 1.82) is 0 Å². The van der Waals surface area contributed by atoms with Crippen LogP contribution in [0.25, 0.3) is 27.8 Å². The third kappa shape index (κ3) is 1.12. The molecule has 0 atom stereocenters. The Labute approximate surface area is 107 Å². The molecule has 90 valence electrons. The zero-order valence-corrected chi connectivity index (χ0v) is 9.92. The Kier molecular flexibility index (Phi) is 1.85. The van der Waals surface area contributed by atoms with E-state index in [9.17, 15) is 9.90 Å². The number of nitrogens with zero attached hydrogens (tertiary/aromatic N) is 1. The van der Waals surface area contributed by atoms with Gasteiger partial charge in [0.05, 0.1) is 0 Å². The molecule has 0 aromatic heterocycles. The Bertz CT molecular complexity index is 1030. The number of hydrogen-bond acceptors (Lipinski definition) is 3. The van der Waals surface area contributed by atoms with Crippen molar-refractivity contribution in [2.75, 3.05) is 0 Å². The Morgan fingerprint density at radius 3 is 2.32 bits per heavy atom.